The van der Waals surface area contributed by atoms with E-state index in [1.54, 1.807) is 14.0 Å². The van der Waals surface area contributed by atoms with Crippen LogP contribution in [-0.4, -0.2) is 37.0 Å². The van der Waals surface area contributed by atoms with E-state index in [0.29, 0.717) is 12.6 Å². The number of carbonyl (C=O) groups excluding carboxylic acids is 1. The minimum atomic E-state index is 0.192. The van der Waals surface area contributed by atoms with Crippen LogP contribution < -0.4 is 5.32 Å². The molecule has 1 fully saturated rings. The van der Waals surface area contributed by atoms with E-state index in [-0.39, 0.29) is 5.91 Å². The third kappa shape index (κ3) is 4.32. The number of methoxy groups -OCH3 is 1. The Balaban J connectivity index is 1.74. The van der Waals surface area contributed by atoms with Gasteiger partial charge in [0.25, 0.3) is 0 Å². The molecule has 1 N–H and O–H groups in total. The van der Waals surface area contributed by atoms with Gasteiger partial charge in [-0.15, -0.1) is 0 Å². The van der Waals surface area contributed by atoms with Crippen molar-refractivity contribution in [1.82, 2.24) is 10.2 Å². The van der Waals surface area contributed by atoms with Crippen molar-refractivity contribution in [1.29, 1.82) is 0 Å². The molecule has 4 heteroatoms. The second kappa shape index (κ2) is 7.41. The Kier molecular flexibility index (Phi) is 5.56. The number of rotatable bonds is 5. The Morgan fingerprint density at radius 2 is 1.85 bits per heavy atom. The number of piperidine rings is 1. The summed E-state index contributed by atoms with van der Waals surface area (Å²) < 4.78 is 5.10. The van der Waals surface area contributed by atoms with Gasteiger partial charge in [0.2, 0.25) is 5.91 Å². The Hall–Kier alpha value is -1.39. The van der Waals surface area contributed by atoms with Crippen LogP contribution in [-0.2, 0) is 22.7 Å². The van der Waals surface area contributed by atoms with Gasteiger partial charge < -0.3 is 15.0 Å². The van der Waals surface area contributed by atoms with Crippen LogP contribution in [0.4, 0.5) is 0 Å². The van der Waals surface area contributed by atoms with Crippen LogP contribution in [0.3, 0.4) is 0 Å². The normalized spacial score (nSPS) is 16.4. The van der Waals surface area contributed by atoms with E-state index < -0.39 is 0 Å². The predicted octanol–water partition coefficient (Wildman–Crippen LogP) is 1.93. The van der Waals surface area contributed by atoms with E-state index in [2.05, 4.69) is 29.6 Å². The molecule has 1 amide bonds. The molecule has 1 heterocycles. The Bertz CT molecular complexity index is 423. The molecule has 4 nitrogen and oxygen atoms in total. The van der Waals surface area contributed by atoms with Crippen molar-refractivity contribution in [2.45, 2.75) is 39.0 Å². The molecule has 20 heavy (non-hydrogen) atoms. The first-order valence-electron chi connectivity index (χ1n) is 7.24. The number of nitrogens with one attached hydrogen (secondary N) is 1. The molecule has 1 saturated heterocycles. The summed E-state index contributed by atoms with van der Waals surface area (Å²) in [5, 5.41) is 3.58. The first-order chi connectivity index (χ1) is 9.69. The number of ether oxygens (including phenoxy) is 1. The van der Waals surface area contributed by atoms with Crippen LogP contribution in [0.5, 0.6) is 0 Å². The molecule has 0 atom stereocenters. The van der Waals surface area contributed by atoms with Crippen molar-refractivity contribution in [2.75, 3.05) is 20.2 Å². The van der Waals surface area contributed by atoms with E-state index in [0.717, 1.165) is 32.5 Å². The average molecular weight is 276 g/mol. The van der Waals surface area contributed by atoms with Crippen molar-refractivity contribution >= 4 is 5.91 Å². The third-order valence-electron chi connectivity index (χ3n) is 3.87. The van der Waals surface area contributed by atoms with Gasteiger partial charge in [-0.25, -0.2) is 0 Å². The van der Waals surface area contributed by atoms with Gasteiger partial charge in [-0.1, -0.05) is 24.3 Å². The van der Waals surface area contributed by atoms with E-state index in [1.807, 2.05) is 4.90 Å². The maximum absolute atomic E-state index is 11.3. The van der Waals surface area contributed by atoms with Gasteiger partial charge in [-0.3, -0.25) is 4.79 Å². The highest BCUT2D eigenvalue weighted by Gasteiger charge is 2.19. The quantitative estimate of drug-likeness (QED) is 0.893. The first kappa shape index (κ1) is 15.0. The lowest BCUT2D eigenvalue weighted by Crippen LogP contribution is -2.43. The number of carbonyl (C=O) groups is 1. The molecule has 0 unspecified atom stereocenters. The largest absolute Gasteiger partial charge is 0.380 e. The fraction of sp³-hybridized carbons (Fsp3) is 0.562. The molecule has 1 aliphatic heterocycles. The van der Waals surface area contributed by atoms with Gasteiger partial charge >= 0.3 is 0 Å². The number of hydrogen-bond donors (Lipinski definition) is 1. The second-order valence-electron chi connectivity index (χ2n) is 5.41. The SMILES string of the molecule is COCc1ccc(CNC2CCN(C(C)=O)CC2)cc1. The van der Waals surface area contributed by atoms with Gasteiger partial charge in [0.1, 0.15) is 0 Å². The number of benzene rings is 1. The first-order valence-corrected chi connectivity index (χ1v) is 7.24. The summed E-state index contributed by atoms with van der Waals surface area (Å²) in [4.78, 5) is 13.2. The van der Waals surface area contributed by atoms with Crippen LogP contribution in [0.1, 0.15) is 30.9 Å². The zero-order chi connectivity index (χ0) is 14.4. The van der Waals surface area contributed by atoms with Crippen molar-refractivity contribution in [3.63, 3.8) is 0 Å². The van der Waals surface area contributed by atoms with Crippen LogP contribution in [0.15, 0.2) is 24.3 Å². The number of hydrogen-bond acceptors (Lipinski definition) is 3. The second-order valence-corrected chi connectivity index (χ2v) is 5.41. The topological polar surface area (TPSA) is 41.6 Å². The molecular formula is C16H24N2O2. The number of nitrogens with zero attached hydrogens (tertiary/aromatic N) is 1. The summed E-state index contributed by atoms with van der Waals surface area (Å²) in [6, 6.07) is 9.03. The van der Waals surface area contributed by atoms with Crippen LogP contribution in [0, 0.1) is 0 Å². The standard InChI is InChI=1S/C16H24N2O2/c1-13(19)18-9-7-16(8-10-18)17-11-14-3-5-15(6-4-14)12-20-2/h3-6,16-17H,7-12H2,1-2H3. The van der Waals surface area contributed by atoms with E-state index in [9.17, 15) is 4.79 Å². The van der Waals surface area contributed by atoms with Crippen molar-refractivity contribution in [2.24, 2.45) is 0 Å². The highest BCUT2D eigenvalue weighted by Crippen LogP contribution is 2.12. The lowest BCUT2D eigenvalue weighted by atomic mass is 10.0. The van der Waals surface area contributed by atoms with Gasteiger partial charge in [-0.05, 0) is 24.0 Å². The fourth-order valence-corrected chi connectivity index (χ4v) is 2.58. The molecule has 110 valence electrons. The lowest BCUT2D eigenvalue weighted by Gasteiger charge is -2.31. The number of amides is 1. The van der Waals surface area contributed by atoms with E-state index in [4.69, 9.17) is 4.74 Å². The molecule has 2 rings (SSSR count). The Labute approximate surface area is 121 Å². The van der Waals surface area contributed by atoms with Crippen LogP contribution in [0.2, 0.25) is 0 Å². The fourth-order valence-electron chi connectivity index (χ4n) is 2.58. The van der Waals surface area contributed by atoms with Gasteiger partial charge in [0, 0.05) is 39.7 Å². The highest BCUT2D eigenvalue weighted by atomic mass is 16.5. The van der Waals surface area contributed by atoms with E-state index >= 15 is 0 Å². The predicted molar refractivity (Wildman–Crippen MR) is 79.3 cm³/mol. The maximum atomic E-state index is 11.3. The minimum Gasteiger partial charge on any atom is -0.380 e. The van der Waals surface area contributed by atoms with Crippen molar-refractivity contribution in [3.05, 3.63) is 35.4 Å². The molecule has 0 aliphatic carbocycles. The summed E-state index contributed by atoms with van der Waals surface area (Å²) in [5.74, 6) is 0.192. The lowest BCUT2D eigenvalue weighted by molar-refractivity contribution is -0.129. The molecule has 0 bridgehead atoms. The van der Waals surface area contributed by atoms with Crippen molar-refractivity contribution < 1.29 is 9.53 Å². The summed E-state index contributed by atoms with van der Waals surface area (Å²) in [6.07, 6.45) is 2.09. The summed E-state index contributed by atoms with van der Waals surface area (Å²) in [7, 11) is 1.71. The maximum Gasteiger partial charge on any atom is 0.219 e. The minimum absolute atomic E-state index is 0.192. The van der Waals surface area contributed by atoms with E-state index in [1.165, 1.54) is 11.1 Å². The van der Waals surface area contributed by atoms with Crippen LogP contribution >= 0.6 is 0 Å². The van der Waals surface area contributed by atoms with Gasteiger partial charge in [0.15, 0.2) is 0 Å². The molecule has 0 spiro atoms. The molecule has 0 aromatic heterocycles. The summed E-state index contributed by atoms with van der Waals surface area (Å²) in [5.41, 5.74) is 2.49. The summed E-state index contributed by atoms with van der Waals surface area (Å²) in [6.45, 7) is 4.95. The van der Waals surface area contributed by atoms with Gasteiger partial charge in [-0.2, -0.15) is 0 Å². The molecule has 1 aromatic rings. The molecule has 1 aromatic carbocycles. The zero-order valence-electron chi connectivity index (χ0n) is 12.4. The molecule has 0 radical (unpaired) electrons. The van der Waals surface area contributed by atoms with Gasteiger partial charge in [0.05, 0.1) is 6.61 Å². The Morgan fingerprint density at radius 3 is 2.40 bits per heavy atom. The van der Waals surface area contributed by atoms with Crippen molar-refractivity contribution in [3.8, 4) is 0 Å². The van der Waals surface area contributed by atoms with Crippen LogP contribution in [0.25, 0.3) is 0 Å². The monoisotopic (exact) mass is 276 g/mol. The zero-order valence-corrected chi connectivity index (χ0v) is 12.4. The molecule has 0 saturated carbocycles. The smallest absolute Gasteiger partial charge is 0.219 e. The number of likely N-dealkylation sites (tertiary alicyclic amines) is 1. The summed E-state index contributed by atoms with van der Waals surface area (Å²) >= 11 is 0. The highest BCUT2D eigenvalue weighted by molar-refractivity contribution is 5.73. The Morgan fingerprint density at radius 1 is 1.25 bits per heavy atom. The molecular weight excluding hydrogens is 252 g/mol. The third-order valence-corrected chi connectivity index (χ3v) is 3.87. The average Bonchev–Trinajstić information content (AvgIpc) is 2.47. The molecule has 1 aliphatic rings.